The highest BCUT2D eigenvalue weighted by Gasteiger charge is 2.30. The number of aromatic amines is 1. The minimum absolute atomic E-state index is 0.218. The largest absolute Gasteiger partial charge is 0.322 e. The Morgan fingerprint density at radius 2 is 1.96 bits per heavy atom. The molecule has 0 bridgehead atoms. The fourth-order valence-corrected chi connectivity index (χ4v) is 3.07. The third-order valence-corrected chi connectivity index (χ3v) is 4.46. The first-order valence-electron chi connectivity index (χ1n) is 8.25. The van der Waals surface area contributed by atoms with Crippen LogP contribution < -0.4 is 10.6 Å². The van der Waals surface area contributed by atoms with E-state index >= 15 is 0 Å². The maximum atomic E-state index is 12.4. The zero-order chi connectivity index (χ0) is 18.1. The molecule has 1 aliphatic rings. The molecule has 130 valence electrons. The Bertz CT molecular complexity index is 1010. The number of H-pyrrole nitrogens is 1. The zero-order valence-corrected chi connectivity index (χ0v) is 13.8. The lowest BCUT2D eigenvalue weighted by Gasteiger charge is -2.08. The van der Waals surface area contributed by atoms with Crippen LogP contribution in [0.4, 0.5) is 5.69 Å². The smallest absolute Gasteiger partial charge is 0.255 e. The lowest BCUT2D eigenvalue weighted by atomic mass is 9.97. The number of anilines is 1. The van der Waals surface area contributed by atoms with Crippen molar-refractivity contribution in [3.63, 3.8) is 0 Å². The van der Waals surface area contributed by atoms with Gasteiger partial charge in [-0.2, -0.15) is 5.10 Å². The van der Waals surface area contributed by atoms with Crippen molar-refractivity contribution >= 4 is 34.3 Å². The number of fused-ring (bicyclic) bond motifs is 1. The second kappa shape index (κ2) is 6.44. The zero-order valence-electron chi connectivity index (χ0n) is 13.8. The summed E-state index contributed by atoms with van der Waals surface area (Å²) in [6.07, 6.45) is 2.42. The first kappa shape index (κ1) is 16.0. The van der Waals surface area contributed by atoms with Gasteiger partial charge in [0.05, 0.1) is 17.6 Å². The fourth-order valence-electron chi connectivity index (χ4n) is 3.07. The molecule has 0 radical (unpaired) electrons. The molecule has 7 nitrogen and oxygen atoms in total. The number of nitrogens with one attached hydrogen (secondary N) is 3. The molecular weight excluding hydrogens is 332 g/mol. The van der Waals surface area contributed by atoms with E-state index in [1.165, 1.54) is 0 Å². The van der Waals surface area contributed by atoms with E-state index in [4.69, 9.17) is 0 Å². The molecule has 1 fully saturated rings. The van der Waals surface area contributed by atoms with Crippen molar-refractivity contribution < 1.29 is 14.4 Å². The summed E-state index contributed by atoms with van der Waals surface area (Å²) >= 11 is 0. The van der Waals surface area contributed by atoms with E-state index in [-0.39, 0.29) is 30.1 Å². The van der Waals surface area contributed by atoms with Crippen molar-refractivity contribution in [3.05, 3.63) is 59.8 Å². The molecule has 1 aromatic heterocycles. The maximum absolute atomic E-state index is 12.4. The van der Waals surface area contributed by atoms with Gasteiger partial charge in [0, 0.05) is 23.1 Å². The number of hydrogen-bond acceptors (Lipinski definition) is 4. The number of carbonyl (C=O) groups is 3. The standard InChI is InChI=1S/C19H16N4O3/c24-17-8-14(19(26)22-17)7-11-1-3-12(4-2-11)18(25)21-15-6-5-13-10-20-23-16(13)9-15/h1-6,9-10,14H,7-8H2,(H,20,23)(H,21,25)(H,22,24,26)/t14-/m0/s1. The predicted octanol–water partition coefficient (Wildman–Crippen LogP) is 2.02. The van der Waals surface area contributed by atoms with Gasteiger partial charge in [-0.3, -0.25) is 24.8 Å². The minimum Gasteiger partial charge on any atom is -0.322 e. The molecule has 0 saturated carbocycles. The van der Waals surface area contributed by atoms with Crippen LogP contribution in [0, 0.1) is 5.92 Å². The summed E-state index contributed by atoms with van der Waals surface area (Å²) in [7, 11) is 0. The van der Waals surface area contributed by atoms with Crippen LogP contribution in [0.3, 0.4) is 0 Å². The summed E-state index contributed by atoms with van der Waals surface area (Å²) in [6.45, 7) is 0. The van der Waals surface area contributed by atoms with Gasteiger partial charge in [-0.05, 0) is 42.3 Å². The van der Waals surface area contributed by atoms with Crippen LogP contribution in [-0.4, -0.2) is 27.9 Å². The average Bonchev–Trinajstić information content (AvgIpc) is 3.21. The fraction of sp³-hybridized carbons (Fsp3) is 0.158. The van der Waals surface area contributed by atoms with Crippen molar-refractivity contribution in [2.24, 2.45) is 5.92 Å². The van der Waals surface area contributed by atoms with Gasteiger partial charge in [0.15, 0.2) is 0 Å². The highest BCUT2D eigenvalue weighted by Crippen LogP contribution is 2.19. The summed E-state index contributed by atoms with van der Waals surface area (Å²) in [6, 6.07) is 12.6. The van der Waals surface area contributed by atoms with Crippen LogP contribution in [0.5, 0.6) is 0 Å². The van der Waals surface area contributed by atoms with Crippen molar-refractivity contribution in [2.45, 2.75) is 12.8 Å². The molecule has 2 aromatic carbocycles. The Balaban J connectivity index is 1.43. The van der Waals surface area contributed by atoms with Gasteiger partial charge >= 0.3 is 0 Å². The van der Waals surface area contributed by atoms with E-state index in [9.17, 15) is 14.4 Å². The molecule has 3 N–H and O–H groups in total. The predicted molar refractivity (Wildman–Crippen MR) is 95.4 cm³/mol. The van der Waals surface area contributed by atoms with Gasteiger partial charge in [0.2, 0.25) is 11.8 Å². The van der Waals surface area contributed by atoms with E-state index in [1.54, 1.807) is 18.3 Å². The van der Waals surface area contributed by atoms with Crippen LogP contribution in [0.25, 0.3) is 10.9 Å². The van der Waals surface area contributed by atoms with E-state index in [0.717, 1.165) is 16.5 Å². The number of amides is 3. The number of nitrogens with zero attached hydrogens (tertiary/aromatic N) is 1. The summed E-state index contributed by atoms with van der Waals surface area (Å²) in [4.78, 5) is 35.3. The highest BCUT2D eigenvalue weighted by molar-refractivity contribution is 6.05. The molecule has 1 aliphatic heterocycles. The number of hydrogen-bond donors (Lipinski definition) is 3. The molecule has 7 heteroatoms. The van der Waals surface area contributed by atoms with Crippen LogP contribution in [0.1, 0.15) is 22.3 Å². The quantitative estimate of drug-likeness (QED) is 0.628. The first-order chi connectivity index (χ1) is 12.6. The maximum Gasteiger partial charge on any atom is 0.255 e. The van der Waals surface area contributed by atoms with E-state index in [0.29, 0.717) is 17.7 Å². The van der Waals surface area contributed by atoms with E-state index in [2.05, 4.69) is 20.8 Å². The van der Waals surface area contributed by atoms with Crippen molar-refractivity contribution in [1.29, 1.82) is 0 Å². The van der Waals surface area contributed by atoms with Gasteiger partial charge in [0.25, 0.3) is 5.91 Å². The van der Waals surface area contributed by atoms with Crippen LogP contribution in [-0.2, 0) is 16.0 Å². The lowest BCUT2D eigenvalue weighted by Crippen LogP contribution is -2.22. The van der Waals surface area contributed by atoms with Crippen molar-refractivity contribution in [1.82, 2.24) is 15.5 Å². The topological polar surface area (TPSA) is 104 Å². The number of imide groups is 1. The second-order valence-electron chi connectivity index (χ2n) is 6.34. The Morgan fingerprint density at radius 3 is 2.69 bits per heavy atom. The van der Waals surface area contributed by atoms with Gasteiger partial charge in [-0.15, -0.1) is 0 Å². The summed E-state index contributed by atoms with van der Waals surface area (Å²) in [5, 5.41) is 12.9. The number of benzene rings is 2. The first-order valence-corrected chi connectivity index (χ1v) is 8.25. The third kappa shape index (κ3) is 3.19. The van der Waals surface area contributed by atoms with Crippen LogP contribution >= 0.6 is 0 Å². The molecular formula is C19H16N4O3. The van der Waals surface area contributed by atoms with E-state index < -0.39 is 0 Å². The SMILES string of the molecule is O=C1C[C@H](Cc2ccc(C(=O)Nc3ccc4cn[nH]c4c3)cc2)C(=O)N1. The summed E-state index contributed by atoms with van der Waals surface area (Å²) < 4.78 is 0. The van der Waals surface area contributed by atoms with Gasteiger partial charge in [0.1, 0.15) is 0 Å². The Morgan fingerprint density at radius 1 is 1.15 bits per heavy atom. The lowest BCUT2D eigenvalue weighted by molar-refractivity contribution is -0.125. The van der Waals surface area contributed by atoms with Crippen LogP contribution in [0.15, 0.2) is 48.7 Å². The average molecular weight is 348 g/mol. The minimum atomic E-state index is -0.330. The number of aromatic nitrogens is 2. The molecule has 0 aliphatic carbocycles. The Labute approximate surface area is 148 Å². The third-order valence-electron chi connectivity index (χ3n) is 4.46. The van der Waals surface area contributed by atoms with Gasteiger partial charge < -0.3 is 5.32 Å². The number of carbonyl (C=O) groups excluding carboxylic acids is 3. The molecule has 0 spiro atoms. The molecule has 3 aromatic rings. The van der Waals surface area contributed by atoms with Gasteiger partial charge in [-0.1, -0.05) is 12.1 Å². The second-order valence-corrected chi connectivity index (χ2v) is 6.34. The summed E-state index contributed by atoms with van der Waals surface area (Å²) in [5.74, 6) is -1.01. The molecule has 1 atom stereocenters. The Kier molecular flexibility index (Phi) is 3.96. The molecule has 3 amide bonds. The van der Waals surface area contributed by atoms with Crippen molar-refractivity contribution in [2.75, 3.05) is 5.32 Å². The molecule has 2 heterocycles. The van der Waals surface area contributed by atoms with E-state index in [1.807, 2.05) is 30.3 Å². The molecule has 1 saturated heterocycles. The van der Waals surface area contributed by atoms with Gasteiger partial charge in [-0.25, -0.2) is 0 Å². The van der Waals surface area contributed by atoms with Crippen molar-refractivity contribution in [3.8, 4) is 0 Å². The molecule has 4 rings (SSSR count). The summed E-state index contributed by atoms with van der Waals surface area (Å²) in [5.41, 5.74) is 2.96. The molecule has 26 heavy (non-hydrogen) atoms. The monoisotopic (exact) mass is 348 g/mol. The normalized spacial score (nSPS) is 16.7. The highest BCUT2D eigenvalue weighted by atomic mass is 16.2. The van der Waals surface area contributed by atoms with Crippen LogP contribution in [0.2, 0.25) is 0 Å². The Hall–Kier alpha value is -3.48. The number of rotatable bonds is 4. The molecule has 0 unspecified atom stereocenters.